The van der Waals surface area contributed by atoms with Crippen LogP contribution in [-0.4, -0.2) is 47.7 Å². The Kier molecular flexibility index (Phi) is 6.65. The van der Waals surface area contributed by atoms with Gasteiger partial charge in [-0.25, -0.2) is 0 Å². The molecule has 2 N–H and O–H groups in total. The Morgan fingerprint density at radius 2 is 1.78 bits per heavy atom. The Labute approximate surface area is 111 Å². The minimum atomic E-state index is -0.781. The van der Waals surface area contributed by atoms with Crippen LogP contribution in [0, 0.1) is 0 Å². The van der Waals surface area contributed by atoms with Crippen molar-refractivity contribution < 1.29 is 9.90 Å². The molecule has 1 aliphatic heterocycles. The molecule has 1 fully saturated rings. The van der Waals surface area contributed by atoms with Gasteiger partial charge < -0.3 is 15.3 Å². The molecule has 0 aliphatic carbocycles. The first-order chi connectivity index (χ1) is 8.58. The highest BCUT2D eigenvalue weighted by atomic mass is 16.4. The number of likely N-dealkylation sites (tertiary alicyclic amines) is 1. The second-order valence-electron chi connectivity index (χ2n) is 5.53. The van der Waals surface area contributed by atoms with Crippen LogP contribution in [0.3, 0.4) is 0 Å². The number of nitrogens with zero attached hydrogens (tertiary/aromatic N) is 1. The highest BCUT2D eigenvalue weighted by Gasteiger charge is 2.32. The van der Waals surface area contributed by atoms with Crippen molar-refractivity contribution >= 4 is 5.97 Å². The maximum absolute atomic E-state index is 11.3. The molecular weight excluding hydrogens is 228 g/mol. The number of carboxylic acids is 1. The summed E-state index contributed by atoms with van der Waals surface area (Å²) in [7, 11) is 0. The third kappa shape index (κ3) is 4.94. The molecule has 1 atom stereocenters. The first kappa shape index (κ1) is 15.4. The smallest absolute Gasteiger partial charge is 0.323 e. The fraction of sp³-hybridized carbons (Fsp3) is 0.929. The molecule has 0 saturated carbocycles. The van der Waals surface area contributed by atoms with E-state index in [-0.39, 0.29) is 0 Å². The van der Waals surface area contributed by atoms with Crippen molar-refractivity contribution in [3.63, 3.8) is 0 Å². The molecule has 0 bridgehead atoms. The van der Waals surface area contributed by atoms with Crippen molar-refractivity contribution in [1.82, 2.24) is 10.2 Å². The van der Waals surface area contributed by atoms with Crippen LogP contribution in [-0.2, 0) is 4.79 Å². The standard InChI is InChI=1S/C14H28N2O2/c1-3-15-14(2,13(17)18)9-12-16-10-7-5-4-6-8-11-16/h15H,3-12H2,1-2H3,(H,17,18). The number of carboxylic acid groups (broad SMARTS) is 1. The number of aliphatic carboxylic acids is 1. The number of nitrogens with one attached hydrogen (secondary N) is 1. The van der Waals surface area contributed by atoms with Gasteiger partial charge in [-0.05, 0) is 45.8 Å². The Balaban J connectivity index is 2.42. The molecule has 106 valence electrons. The molecule has 0 aromatic rings. The molecule has 1 heterocycles. The summed E-state index contributed by atoms with van der Waals surface area (Å²) in [5.41, 5.74) is -0.781. The van der Waals surface area contributed by atoms with E-state index in [4.69, 9.17) is 0 Å². The SMILES string of the molecule is CCNC(C)(CCN1CCCCCCC1)C(=O)O. The zero-order chi connectivity index (χ0) is 13.4. The third-order valence-electron chi connectivity index (χ3n) is 3.92. The summed E-state index contributed by atoms with van der Waals surface area (Å²) in [6.45, 7) is 7.59. The van der Waals surface area contributed by atoms with E-state index in [2.05, 4.69) is 10.2 Å². The highest BCUT2D eigenvalue weighted by molar-refractivity contribution is 5.78. The quantitative estimate of drug-likeness (QED) is 0.764. The van der Waals surface area contributed by atoms with Crippen LogP contribution < -0.4 is 5.32 Å². The molecule has 0 amide bonds. The predicted molar refractivity (Wildman–Crippen MR) is 73.9 cm³/mol. The number of carbonyl (C=O) groups is 1. The molecule has 0 aromatic carbocycles. The molecule has 0 spiro atoms. The van der Waals surface area contributed by atoms with Gasteiger partial charge in [-0.1, -0.05) is 26.2 Å². The molecule has 1 saturated heterocycles. The lowest BCUT2D eigenvalue weighted by Crippen LogP contribution is -2.51. The number of likely N-dealkylation sites (N-methyl/N-ethyl adjacent to an activating group) is 1. The summed E-state index contributed by atoms with van der Waals surface area (Å²) in [4.78, 5) is 13.8. The maximum atomic E-state index is 11.3. The van der Waals surface area contributed by atoms with Gasteiger partial charge in [0.1, 0.15) is 5.54 Å². The Morgan fingerprint density at radius 1 is 1.22 bits per heavy atom. The zero-order valence-electron chi connectivity index (χ0n) is 11.9. The van der Waals surface area contributed by atoms with Crippen LogP contribution in [0.4, 0.5) is 0 Å². The van der Waals surface area contributed by atoms with Crippen molar-refractivity contribution in [2.75, 3.05) is 26.2 Å². The fourth-order valence-electron chi connectivity index (χ4n) is 2.58. The monoisotopic (exact) mass is 256 g/mol. The van der Waals surface area contributed by atoms with Gasteiger partial charge in [-0.3, -0.25) is 4.79 Å². The van der Waals surface area contributed by atoms with E-state index in [0.29, 0.717) is 13.0 Å². The number of rotatable bonds is 6. The molecule has 1 rings (SSSR count). The van der Waals surface area contributed by atoms with Crippen LogP contribution in [0.15, 0.2) is 0 Å². The third-order valence-corrected chi connectivity index (χ3v) is 3.92. The molecular formula is C14H28N2O2. The Hall–Kier alpha value is -0.610. The predicted octanol–water partition coefficient (Wildman–Crippen LogP) is 2.10. The lowest BCUT2D eigenvalue weighted by atomic mass is 9.97. The molecule has 1 unspecified atom stereocenters. The van der Waals surface area contributed by atoms with Gasteiger partial charge in [0.15, 0.2) is 0 Å². The van der Waals surface area contributed by atoms with Crippen molar-refractivity contribution in [3.8, 4) is 0 Å². The van der Waals surface area contributed by atoms with Gasteiger partial charge in [-0.15, -0.1) is 0 Å². The van der Waals surface area contributed by atoms with Crippen LogP contribution in [0.25, 0.3) is 0 Å². The molecule has 4 heteroatoms. The van der Waals surface area contributed by atoms with Crippen LogP contribution >= 0.6 is 0 Å². The normalized spacial score (nSPS) is 21.9. The molecule has 0 radical (unpaired) electrons. The van der Waals surface area contributed by atoms with E-state index < -0.39 is 11.5 Å². The summed E-state index contributed by atoms with van der Waals surface area (Å²) in [5.74, 6) is -0.739. The number of hydrogen-bond donors (Lipinski definition) is 2. The zero-order valence-corrected chi connectivity index (χ0v) is 11.9. The topological polar surface area (TPSA) is 52.6 Å². The van der Waals surface area contributed by atoms with Crippen LogP contribution in [0.1, 0.15) is 52.4 Å². The second-order valence-corrected chi connectivity index (χ2v) is 5.53. The fourth-order valence-corrected chi connectivity index (χ4v) is 2.58. The lowest BCUT2D eigenvalue weighted by molar-refractivity contribution is -0.144. The second kappa shape index (κ2) is 7.74. The van der Waals surface area contributed by atoms with Crippen molar-refractivity contribution in [2.45, 2.75) is 57.9 Å². The lowest BCUT2D eigenvalue weighted by Gasteiger charge is -2.30. The summed E-state index contributed by atoms with van der Waals surface area (Å²) >= 11 is 0. The Bertz CT molecular complexity index is 250. The summed E-state index contributed by atoms with van der Waals surface area (Å²) in [5, 5.41) is 12.4. The van der Waals surface area contributed by atoms with Gasteiger partial charge in [0.25, 0.3) is 0 Å². The van der Waals surface area contributed by atoms with Gasteiger partial charge in [0, 0.05) is 6.54 Å². The molecule has 18 heavy (non-hydrogen) atoms. The summed E-state index contributed by atoms with van der Waals surface area (Å²) in [6, 6.07) is 0. The van der Waals surface area contributed by atoms with E-state index >= 15 is 0 Å². The van der Waals surface area contributed by atoms with E-state index in [9.17, 15) is 9.90 Å². The van der Waals surface area contributed by atoms with E-state index in [1.807, 2.05) is 6.92 Å². The molecule has 1 aliphatic rings. The van der Waals surface area contributed by atoms with E-state index in [1.54, 1.807) is 6.92 Å². The average Bonchev–Trinajstić information content (AvgIpc) is 2.27. The van der Waals surface area contributed by atoms with Gasteiger partial charge in [-0.2, -0.15) is 0 Å². The van der Waals surface area contributed by atoms with Gasteiger partial charge >= 0.3 is 5.97 Å². The van der Waals surface area contributed by atoms with E-state index in [0.717, 1.165) is 19.6 Å². The van der Waals surface area contributed by atoms with Crippen molar-refractivity contribution in [2.24, 2.45) is 0 Å². The first-order valence-corrected chi connectivity index (χ1v) is 7.29. The average molecular weight is 256 g/mol. The Morgan fingerprint density at radius 3 is 2.28 bits per heavy atom. The largest absolute Gasteiger partial charge is 0.480 e. The minimum Gasteiger partial charge on any atom is -0.480 e. The summed E-state index contributed by atoms with van der Waals surface area (Å²) in [6.07, 6.45) is 7.18. The highest BCUT2D eigenvalue weighted by Crippen LogP contribution is 2.15. The van der Waals surface area contributed by atoms with Gasteiger partial charge in [0.05, 0.1) is 0 Å². The minimum absolute atomic E-state index is 0.677. The maximum Gasteiger partial charge on any atom is 0.323 e. The van der Waals surface area contributed by atoms with Crippen molar-refractivity contribution in [3.05, 3.63) is 0 Å². The van der Waals surface area contributed by atoms with Crippen LogP contribution in [0.2, 0.25) is 0 Å². The van der Waals surface area contributed by atoms with E-state index in [1.165, 1.54) is 32.1 Å². The summed E-state index contributed by atoms with van der Waals surface area (Å²) < 4.78 is 0. The molecule has 4 nitrogen and oxygen atoms in total. The van der Waals surface area contributed by atoms with Gasteiger partial charge in [0.2, 0.25) is 0 Å². The van der Waals surface area contributed by atoms with Crippen molar-refractivity contribution in [1.29, 1.82) is 0 Å². The number of hydrogen-bond acceptors (Lipinski definition) is 3. The molecule has 0 aromatic heterocycles. The van der Waals surface area contributed by atoms with Crippen LogP contribution in [0.5, 0.6) is 0 Å². The first-order valence-electron chi connectivity index (χ1n) is 7.29.